The van der Waals surface area contributed by atoms with E-state index in [4.69, 9.17) is 0 Å². The molecule has 5 heteroatoms. The Hall–Kier alpha value is -0.910. The molecule has 3 rings (SSSR count). The van der Waals surface area contributed by atoms with Crippen molar-refractivity contribution >= 4 is 10.0 Å². The quantitative estimate of drug-likeness (QED) is 0.907. The van der Waals surface area contributed by atoms with Crippen LogP contribution in [0.1, 0.15) is 38.3 Å². The van der Waals surface area contributed by atoms with Gasteiger partial charge in [-0.1, -0.05) is 26.8 Å². The fourth-order valence-corrected chi connectivity index (χ4v) is 5.03. The zero-order chi connectivity index (χ0) is 16.3. The van der Waals surface area contributed by atoms with Crippen LogP contribution in [0.2, 0.25) is 0 Å². The van der Waals surface area contributed by atoms with E-state index in [1.807, 2.05) is 12.1 Å². The zero-order valence-corrected chi connectivity index (χ0v) is 14.9. The van der Waals surface area contributed by atoms with E-state index in [2.05, 4.69) is 26.1 Å². The molecule has 1 saturated heterocycles. The molecule has 0 unspecified atom stereocenters. The minimum atomic E-state index is -3.38. The predicted molar refractivity (Wildman–Crippen MR) is 88.6 cm³/mol. The molecule has 1 aliphatic heterocycles. The Morgan fingerprint density at radius 1 is 1.23 bits per heavy atom. The van der Waals surface area contributed by atoms with E-state index in [-0.39, 0.29) is 10.8 Å². The van der Waals surface area contributed by atoms with Crippen LogP contribution in [0.25, 0.3) is 0 Å². The number of rotatable bonds is 2. The highest BCUT2D eigenvalue weighted by molar-refractivity contribution is 7.89. The predicted octanol–water partition coefficient (Wildman–Crippen LogP) is 2.14. The van der Waals surface area contributed by atoms with Gasteiger partial charge in [0.2, 0.25) is 10.0 Å². The molecule has 1 aromatic rings. The number of sulfonamides is 1. The van der Waals surface area contributed by atoms with Crippen molar-refractivity contribution < 1.29 is 8.42 Å². The van der Waals surface area contributed by atoms with Gasteiger partial charge in [0.1, 0.15) is 0 Å². The second-order valence-electron chi connectivity index (χ2n) is 7.62. The lowest BCUT2D eigenvalue weighted by molar-refractivity contribution is 0.0557. The molecule has 0 aromatic heterocycles. The summed E-state index contributed by atoms with van der Waals surface area (Å²) in [5.74, 6) is 0. The van der Waals surface area contributed by atoms with Gasteiger partial charge in [-0.2, -0.15) is 0 Å². The Morgan fingerprint density at radius 3 is 2.55 bits per heavy atom. The maximum Gasteiger partial charge on any atom is 0.242 e. The maximum absolute atomic E-state index is 12.5. The minimum Gasteiger partial charge on any atom is -0.313 e. The summed E-state index contributed by atoms with van der Waals surface area (Å²) in [4.78, 5) is 0.408. The lowest BCUT2D eigenvalue weighted by Gasteiger charge is -2.57. The molecule has 0 saturated carbocycles. The molecular formula is C17H26N2O2S. The number of hydrogen-bond acceptors (Lipinski definition) is 3. The Labute approximate surface area is 134 Å². The third-order valence-corrected chi connectivity index (χ3v) is 8.00. The van der Waals surface area contributed by atoms with E-state index in [9.17, 15) is 8.42 Å². The SMILES string of the molecule is CN(C)S(=O)(=O)c1ccc2c(c1)[C@]1(C)CCN[C@H](C2)C1(C)C. The van der Waals surface area contributed by atoms with E-state index < -0.39 is 10.0 Å². The van der Waals surface area contributed by atoms with Crippen molar-refractivity contribution in [1.82, 2.24) is 9.62 Å². The second kappa shape index (κ2) is 4.79. The second-order valence-corrected chi connectivity index (χ2v) is 9.77. The molecule has 122 valence electrons. The van der Waals surface area contributed by atoms with Gasteiger partial charge < -0.3 is 5.32 Å². The molecule has 0 radical (unpaired) electrons. The largest absolute Gasteiger partial charge is 0.313 e. The van der Waals surface area contributed by atoms with Crippen LogP contribution in [0.4, 0.5) is 0 Å². The maximum atomic E-state index is 12.5. The number of piperidine rings is 1. The Bertz CT molecular complexity index is 709. The van der Waals surface area contributed by atoms with Crippen molar-refractivity contribution in [3.63, 3.8) is 0 Å². The number of nitrogens with one attached hydrogen (secondary N) is 1. The van der Waals surface area contributed by atoms with Crippen LogP contribution in [-0.2, 0) is 21.9 Å². The molecule has 2 aliphatic rings. The summed E-state index contributed by atoms with van der Waals surface area (Å²) in [5.41, 5.74) is 2.63. The average Bonchev–Trinajstić information content (AvgIpc) is 2.42. The van der Waals surface area contributed by atoms with E-state index in [1.165, 1.54) is 15.4 Å². The van der Waals surface area contributed by atoms with Crippen LogP contribution < -0.4 is 5.32 Å². The van der Waals surface area contributed by atoms with Crippen LogP contribution in [0.15, 0.2) is 23.1 Å². The summed E-state index contributed by atoms with van der Waals surface area (Å²) in [5, 5.41) is 3.64. The summed E-state index contributed by atoms with van der Waals surface area (Å²) < 4.78 is 26.2. The third kappa shape index (κ3) is 1.99. The first-order valence-electron chi connectivity index (χ1n) is 7.90. The van der Waals surface area contributed by atoms with E-state index in [1.54, 1.807) is 20.2 Å². The fraction of sp³-hybridized carbons (Fsp3) is 0.647. The van der Waals surface area contributed by atoms with Crippen molar-refractivity contribution in [3.05, 3.63) is 29.3 Å². The number of benzene rings is 1. The number of nitrogens with zero attached hydrogens (tertiary/aromatic N) is 1. The zero-order valence-electron chi connectivity index (χ0n) is 14.1. The normalized spacial score (nSPS) is 30.2. The van der Waals surface area contributed by atoms with Crippen LogP contribution in [0.3, 0.4) is 0 Å². The molecule has 1 fully saturated rings. The summed E-state index contributed by atoms with van der Waals surface area (Å²) in [7, 11) is -0.215. The van der Waals surface area contributed by atoms with Gasteiger partial charge in [0, 0.05) is 25.6 Å². The standard InChI is InChI=1S/C17H26N2O2S/c1-16(2)15-10-12-6-7-13(22(20,21)19(4)5)11-14(12)17(16,3)8-9-18-15/h6-7,11,15,18H,8-10H2,1-5H3/t15-,17+/m1/s1. The molecule has 1 aromatic carbocycles. The molecule has 2 atom stereocenters. The highest BCUT2D eigenvalue weighted by atomic mass is 32.2. The summed E-state index contributed by atoms with van der Waals surface area (Å²) in [6.45, 7) is 7.90. The molecule has 22 heavy (non-hydrogen) atoms. The van der Waals surface area contributed by atoms with Crippen LogP contribution in [-0.4, -0.2) is 39.4 Å². The van der Waals surface area contributed by atoms with E-state index in [0.717, 1.165) is 19.4 Å². The van der Waals surface area contributed by atoms with Gasteiger partial charge in [-0.3, -0.25) is 0 Å². The van der Waals surface area contributed by atoms with Crippen LogP contribution >= 0.6 is 0 Å². The van der Waals surface area contributed by atoms with Crippen molar-refractivity contribution in [2.45, 2.75) is 50.0 Å². The van der Waals surface area contributed by atoms with Crippen molar-refractivity contribution in [1.29, 1.82) is 0 Å². The lowest BCUT2D eigenvalue weighted by atomic mass is 9.51. The van der Waals surface area contributed by atoms with Crippen LogP contribution in [0.5, 0.6) is 0 Å². The molecule has 0 amide bonds. The molecule has 0 spiro atoms. The van der Waals surface area contributed by atoms with Gasteiger partial charge in [0.05, 0.1) is 4.90 Å². The molecule has 1 heterocycles. The van der Waals surface area contributed by atoms with Gasteiger partial charge in [-0.05, 0) is 48.1 Å². The molecule has 1 N–H and O–H groups in total. The van der Waals surface area contributed by atoms with Crippen LogP contribution in [0, 0.1) is 5.41 Å². The van der Waals surface area contributed by atoms with Crippen molar-refractivity contribution in [2.75, 3.05) is 20.6 Å². The van der Waals surface area contributed by atoms with Gasteiger partial charge >= 0.3 is 0 Å². The first-order valence-corrected chi connectivity index (χ1v) is 9.34. The molecular weight excluding hydrogens is 296 g/mol. The van der Waals surface area contributed by atoms with E-state index in [0.29, 0.717) is 10.9 Å². The summed E-state index contributed by atoms with van der Waals surface area (Å²) in [6, 6.07) is 6.15. The van der Waals surface area contributed by atoms with Gasteiger partial charge in [0.15, 0.2) is 0 Å². The fourth-order valence-electron chi connectivity index (χ4n) is 4.11. The highest BCUT2D eigenvalue weighted by Crippen LogP contribution is 2.53. The Kier molecular flexibility index (Phi) is 3.48. The summed E-state index contributed by atoms with van der Waals surface area (Å²) >= 11 is 0. The monoisotopic (exact) mass is 322 g/mol. The van der Waals surface area contributed by atoms with Gasteiger partial charge in [-0.15, -0.1) is 0 Å². The molecule has 2 bridgehead atoms. The van der Waals surface area contributed by atoms with Gasteiger partial charge in [-0.25, -0.2) is 12.7 Å². The van der Waals surface area contributed by atoms with Crippen molar-refractivity contribution in [3.8, 4) is 0 Å². The summed E-state index contributed by atoms with van der Waals surface area (Å²) in [6.07, 6.45) is 2.01. The smallest absolute Gasteiger partial charge is 0.242 e. The Morgan fingerprint density at radius 2 is 1.91 bits per heavy atom. The topological polar surface area (TPSA) is 49.4 Å². The third-order valence-electron chi connectivity index (χ3n) is 6.19. The lowest BCUT2D eigenvalue weighted by Crippen LogP contribution is -2.62. The molecule has 1 aliphatic carbocycles. The number of fused-ring (bicyclic) bond motifs is 4. The highest BCUT2D eigenvalue weighted by Gasteiger charge is 2.53. The minimum absolute atomic E-state index is 0.00828. The first kappa shape index (κ1) is 16.0. The first-order chi connectivity index (χ1) is 10.1. The molecule has 4 nitrogen and oxygen atoms in total. The Balaban J connectivity index is 2.20. The van der Waals surface area contributed by atoms with Gasteiger partial charge in [0.25, 0.3) is 0 Å². The van der Waals surface area contributed by atoms with E-state index >= 15 is 0 Å². The average molecular weight is 322 g/mol. The van der Waals surface area contributed by atoms with Crippen molar-refractivity contribution in [2.24, 2.45) is 5.41 Å². The number of hydrogen-bond donors (Lipinski definition) is 1.